The van der Waals surface area contributed by atoms with Gasteiger partial charge in [-0.2, -0.15) is 0 Å². The largest absolute Gasteiger partial charge is 0.336 e. The van der Waals surface area contributed by atoms with Gasteiger partial charge in [0.2, 0.25) is 0 Å². The maximum atomic E-state index is 12.9. The van der Waals surface area contributed by atoms with E-state index in [9.17, 15) is 14.4 Å². The van der Waals surface area contributed by atoms with Crippen LogP contribution < -0.4 is 0 Å². The second-order valence-corrected chi connectivity index (χ2v) is 7.49. The summed E-state index contributed by atoms with van der Waals surface area (Å²) in [4.78, 5) is 42.3. The van der Waals surface area contributed by atoms with E-state index in [-0.39, 0.29) is 17.7 Å². The summed E-state index contributed by atoms with van der Waals surface area (Å²) < 4.78 is 0. The van der Waals surface area contributed by atoms with Crippen LogP contribution in [0.15, 0.2) is 42.5 Å². The van der Waals surface area contributed by atoms with Gasteiger partial charge in [-0.1, -0.05) is 29.8 Å². The highest BCUT2D eigenvalue weighted by molar-refractivity contribution is 6.21. The molecule has 0 spiro atoms. The highest BCUT2D eigenvalue weighted by Gasteiger charge is 2.33. The van der Waals surface area contributed by atoms with Crippen molar-refractivity contribution in [2.24, 2.45) is 0 Å². The molecule has 2 aromatic rings. The Morgan fingerprint density at radius 1 is 0.929 bits per heavy atom. The number of fused-ring (bicyclic) bond motifs is 1. The lowest BCUT2D eigenvalue weighted by Gasteiger charge is -2.35. The number of carbonyl (C=O) groups excluding carboxylic acids is 3. The molecule has 0 bridgehead atoms. The Morgan fingerprint density at radius 3 is 2.36 bits per heavy atom. The second kappa shape index (κ2) is 7.20. The van der Waals surface area contributed by atoms with Gasteiger partial charge in [-0.05, 0) is 30.7 Å². The zero-order valence-corrected chi connectivity index (χ0v) is 16.1. The van der Waals surface area contributed by atoms with Crippen molar-refractivity contribution in [3.63, 3.8) is 0 Å². The number of nitrogens with zero attached hydrogens (tertiary/aromatic N) is 3. The molecule has 0 saturated carbocycles. The molecule has 0 aromatic heterocycles. The number of benzene rings is 2. The van der Waals surface area contributed by atoms with Crippen LogP contribution >= 0.6 is 0 Å². The molecule has 2 aliphatic heterocycles. The number of aryl methyl sites for hydroxylation is 1. The average Bonchev–Trinajstić information content (AvgIpc) is 2.92. The average molecular weight is 377 g/mol. The fourth-order valence-corrected chi connectivity index (χ4v) is 3.85. The second-order valence-electron chi connectivity index (χ2n) is 7.49. The summed E-state index contributed by atoms with van der Waals surface area (Å²) in [7, 11) is 1.46. The van der Waals surface area contributed by atoms with Crippen LogP contribution in [0.1, 0.15) is 42.2 Å². The van der Waals surface area contributed by atoms with Crippen LogP contribution in [-0.2, 0) is 6.54 Å². The van der Waals surface area contributed by atoms with E-state index < -0.39 is 0 Å². The first-order valence-electron chi connectivity index (χ1n) is 9.47. The monoisotopic (exact) mass is 377 g/mol. The van der Waals surface area contributed by atoms with Gasteiger partial charge in [0.05, 0.1) is 11.1 Å². The van der Waals surface area contributed by atoms with Gasteiger partial charge in [0, 0.05) is 45.3 Å². The molecule has 6 nitrogen and oxygen atoms in total. The first-order chi connectivity index (χ1) is 13.4. The number of piperazine rings is 1. The minimum Gasteiger partial charge on any atom is -0.336 e. The summed E-state index contributed by atoms with van der Waals surface area (Å²) in [5.74, 6) is -0.755. The van der Waals surface area contributed by atoms with Gasteiger partial charge in [0.25, 0.3) is 17.7 Å². The van der Waals surface area contributed by atoms with E-state index in [1.54, 1.807) is 18.2 Å². The Labute approximate surface area is 164 Å². The van der Waals surface area contributed by atoms with Gasteiger partial charge >= 0.3 is 0 Å². The minimum absolute atomic E-state index is 0.0900. The number of amides is 3. The SMILES string of the molecule is Cc1cccc(CN2CCN(C(=O)c3ccc4c(c3)C(=O)N(C)C4=O)CC2)c1. The summed E-state index contributed by atoms with van der Waals surface area (Å²) in [6.07, 6.45) is 0. The summed E-state index contributed by atoms with van der Waals surface area (Å²) in [5, 5.41) is 0. The van der Waals surface area contributed by atoms with Crippen LogP contribution in [0.4, 0.5) is 0 Å². The predicted molar refractivity (Wildman–Crippen MR) is 105 cm³/mol. The molecule has 3 amide bonds. The Bertz CT molecular complexity index is 961. The molecule has 0 unspecified atom stereocenters. The molecular weight excluding hydrogens is 354 g/mol. The van der Waals surface area contributed by atoms with E-state index in [2.05, 4.69) is 36.1 Å². The number of imide groups is 1. The maximum absolute atomic E-state index is 12.9. The van der Waals surface area contributed by atoms with Gasteiger partial charge in [-0.3, -0.25) is 24.2 Å². The molecule has 4 rings (SSSR count). The van der Waals surface area contributed by atoms with Gasteiger partial charge in [-0.15, -0.1) is 0 Å². The van der Waals surface area contributed by atoms with E-state index in [0.29, 0.717) is 29.8 Å². The molecule has 6 heteroatoms. The summed E-state index contributed by atoms with van der Waals surface area (Å²) in [5.41, 5.74) is 3.68. The van der Waals surface area contributed by atoms with Gasteiger partial charge < -0.3 is 4.90 Å². The topological polar surface area (TPSA) is 60.9 Å². The first-order valence-corrected chi connectivity index (χ1v) is 9.47. The molecule has 0 atom stereocenters. The van der Waals surface area contributed by atoms with Crippen LogP contribution in [-0.4, -0.2) is 65.6 Å². The fourth-order valence-electron chi connectivity index (χ4n) is 3.85. The molecule has 2 aliphatic rings. The molecule has 2 aromatic carbocycles. The fraction of sp³-hybridized carbons (Fsp3) is 0.318. The normalized spacial score (nSPS) is 17.2. The van der Waals surface area contributed by atoms with E-state index in [4.69, 9.17) is 0 Å². The lowest BCUT2D eigenvalue weighted by Crippen LogP contribution is -2.48. The summed E-state index contributed by atoms with van der Waals surface area (Å²) in [6.45, 7) is 5.89. The third-order valence-electron chi connectivity index (χ3n) is 5.48. The number of hydrogen-bond donors (Lipinski definition) is 0. The van der Waals surface area contributed by atoms with Crippen molar-refractivity contribution in [2.75, 3.05) is 33.2 Å². The molecule has 0 aliphatic carbocycles. The van der Waals surface area contributed by atoms with Crippen LogP contribution in [0.5, 0.6) is 0 Å². The van der Waals surface area contributed by atoms with E-state index in [1.165, 1.54) is 18.2 Å². The number of hydrogen-bond acceptors (Lipinski definition) is 4. The van der Waals surface area contributed by atoms with Crippen molar-refractivity contribution in [1.82, 2.24) is 14.7 Å². The van der Waals surface area contributed by atoms with Crippen LogP contribution in [0, 0.1) is 6.92 Å². The summed E-state index contributed by atoms with van der Waals surface area (Å²) in [6, 6.07) is 13.3. The Morgan fingerprint density at radius 2 is 1.64 bits per heavy atom. The first kappa shape index (κ1) is 18.4. The predicted octanol–water partition coefficient (Wildman–Crippen LogP) is 2.18. The van der Waals surface area contributed by atoms with Gasteiger partial charge in [0.15, 0.2) is 0 Å². The molecular formula is C22H23N3O3. The molecule has 0 N–H and O–H groups in total. The van der Waals surface area contributed by atoms with Crippen molar-refractivity contribution in [2.45, 2.75) is 13.5 Å². The number of carbonyl (C=O) groups is 3. The molecule has 2 heterocycles. The summed E-state index contributed by atoms with van der Waals surface area (Å²) >= 11 is 0. The zero-order chi connectivity index (χ0) is 19.8. The quantitative estimate of drug-likeness (QED) is 0.770. The highest BCUT2D eigenvalue weighted by atomic mass is 16.2. The molecule has 1 saturated heterocycles. The van der Waals surface area contributed by atoms with Crippen molar-refractivity contribution in [3.05, 3.63) is 70.3 Å². The standard InChI is InChI=1S/C22H23N3O3/c1-15-4-3-5-16(12-15)14-24-8-10-25(11-9-24)20(26)17-6-7-18-19(13-17)22(28)23(2)21(18)27/h3-7,12-13H,8-11,14H2,1-2H3. The molecule has 0 radical (unpaired) electrons. The Balaban J connectivity index is 1.41. The van der Waals surface area contributed by atoms with Crippen LogP contribution in [0.3, 0.4) is 0 Å². The third kappa shape index (κ3) is 3.31. The van der Waals surface area contributed by atoms with Crippen LogP contribution in [0.2, 0.25) is 0 Å². The van der Waals surface area contributed by atoms with Crippen LogP contribution in [0.25, 0.3) is 0 Å². The Hall–Kier alpha value is -2.99. The van der Waals surface area contributed by atoms with Crippen molar-refractivity contribution in [1.29, 1.82) is 0 Å². The third-order valence-corrected chi connectivity index (χ3v) is 5.48. The minimum atomic E-state index is -0.349. The van der Waals surface area contributed by atoms with Crippen molar-refractivity contribution >= 4 is 17.7 Å². The highest BCUT2D eigenvalue weighted by Crippen LogP contribution is 2.23. The molecule has 28 heavy (non-hydrogen) atoms. The Kier molecular flexibility index (Phi) is 4.73. The van der Waals surface area contributed by atoms with Gasteiger partial charge in [-0.25, -0.2) is 0 Å². The van der Waals surface area contributed by atoms with E-state index in [1.807, 2.05) is 4.90 Å². The van der Waals surface area contributed by atoms with Crippen molar-refractivity contribution < 1.29 is 14.4 Å². The lowest BCUT2D eigenvalue weighted by atomic mass is 10.0. The lowest BCUT2D eigenvalue weighted by molar-refractivity contribution is 0.0627. The number of rotatable bonds is 3. The van der Waals surface area contributed by atoms with E-state index in [0.717, 1.165) is 24.5 Å². The molecule has 144 valence electrons. The smallest absolute Gasteiger partial charge is 0.261 e. The molecule has 1 fully saturated rings. The maximum Gasteiger partial charge on any atom is 0.261 e. The van der Waals surface area contributed by atoms with Gasteiger partial charge in [0.1, 0.15) is 0 Å². The van der Waals surface area contributed by atoms with E-state index >= 15 is 0 Å². The van der Waals surface area contributed by atoms with Crippen molar-refractivity contribution in [3.8, 4) is 0 Å². The zero-order valence-electron chi connectivity index (χ0n) is 16.1.